The Morgan fingerprint density at radius 2 is 2.25 bits per heavy atom. The molecule has 16 heavy (non-hydrogen) atoms. The van der Waals surface area contributed by atoms with E-state index in [0.29, 0.717) is 11.3 Å². The monoisotopic (exact) mass is 239 g/mol. The summed E-state index contributed by atoms with van der Waals surface area (Å²) >= 11 is 5.87. The van der Waals surface area contributed by atoms with E-state index in [0.717, 1.165) is 17.9 Å². The highest BCUT2D eigenvalue weighted by atomic mass is 35.5. The molecular weight excluding hydrogens is 222 g/mol. The first-order chi connectivity index (χ1) is 7.72. The lowest BCUT2D eigenvalue weighted by Crippen LogP contribution is -2.28. The zero-order chi connectivity index (χ0) is 11.5. The second-order valence-electron chi connectivity index (χ2n) is 4.42. The molecule has 1 aliphatic rings. The number of hydrogen-bond donors (Lipinski definition) is 0. The van der Waals surface area contributed by atoms with E-state index in [1.54, 1.807) is 0 Å². The number of aryl methyl sites for hydroxylation is 1. The lowest BCUT2D eigenvalue weighted by atomic mass is 10.2. The van der Waals surface area contributed by atoms with Gasteiger partial charge in [0, 0.05) is 24.3 Å². The van der Waals surface area contributed by atoms with Gasteiger partial charge in [-0.3, -0.25) is 0 Å². The predicted molar refractivity (Wildman–Crippen MR) is 67.1 cm³/mol. The third kappa shape index (κ3) is 2.64. The molecule has 0 saturated heterocycles. The summed E-state index contributed by atoms with van der Waals surface area (Å²) in [5, 5.41) is 0.350. The third-order valence-electron chi connectivity index (χ3n) is 2.93. The van der Waals surface area contributed by atoms with Crippen molar-refractivity contribution in [1.29, 1.82) is 0 Å². The summed E-state index contributed by atoms with van der Waals surface area (Å²) < 4.78 is 0. The largest absolute Gasteiger partial charge is 0.353 e. The van der Waals surface area contributed by atoms with Crippen molar-refractivity contribution >= 4 is 17.4 Å². The zero-order valence-electron chi connectivity index (χ0n) is 9.91. The highest BCUT2D eigenvalue weighted by molar-refractivity contribution is 6.28. The number of halogens is 1. The average Bonchev–Trinajstić information content (AvgIpc) is 3.08. The fourth-order valence-corrected chi connectivity index (χ4v) is 2.01. The van der Waals surface area contributed by atoms with Gasteiger partial charge in [0.05, 0.1) is 0 Å². The van der Waals surface area contributed by atoms with E-state index in [1.165, 1.54) is 25.7 Å². The van der Waals surface area contributed by atoms with Crippen LogP contribution in [0.1, 0.15) is 38.2 Å². The smallest absolute Gasteiger partial charge is 0.224 e. The molecule has 0 aromatic carbocycles. The van der Waals surface area contributed by atoms with Gasteiger partial charge in [-0.1, -0.05) is 13.3 Å². The number of hydrogen-bond acceptors (Lipinski definition) is 3. The second-order valence-corrected chi connectivity index (χ2v) is 4.76. The molecule has 1 saturated carbocycles. The predicted octanol–water partition coefficient (Wildman–Crippen LogP) is 3.21. The molecule has 0 aliphatic heterocycles. The van der Waals surface area contributed by atoms with Gasteiger partial charge < -0.3 is 4.90 Å². The number of unbranched alkanes of at least 4 members (excludes halogenated alkanes) is 1. The lowest BCUT2D eigenvalue weighted by molar-refractivity contribution is 0.701. The SMILES string of the molecule is CCCCN(c1nc(Cl)ncc1C)C1CC1. The molecule has 1 fully saturated rings. The fourth-order valence-electron chi connectivity index (χ4n) is 1.88. The van der Waals surface area contributed by atoms with Crippen LogP contribution < -0.4 is 4.90 Å². The Morgan fingerprint density at radius 3 is 2.88 bits per heavy atom. The molecular formula is C12H18ClN3. The molecule has 0 bridgehead atoms. The quantitative estimate of drug-likeness (QED) is 0.739. The van der Waals surface area contributed by atoms with Crippen LogP contribution in [0.3, 0.4) is 0 Å². The van der Waals surface area contributed by atoms with Crippen LogP contribution in [0.15, 0.2) is 6.20 Å². The van der Waals surface area contributed by atoms with Crippen LogP contribution in [0, 0.1) is 6.92 Å². The molecule has 3 nitrogen and oxygen atoms in total. The number of anilines is 1. The van der Waals surface area contributed by atoms with Gasteiger partial charge in [-0.05, 0) is 37.8 Å². The molecule has 2 rings (SSSR count). The van der Waals surface area contributed by atoms with E-state index in [2.05, 4.69) is 21.8 Å². The third-order valence-corrected chi connectivity index (χ3v) is 3.11. The first kappa shape index (κ1) is 11.6. The van der Waals surface area contributed by atoms with E-state index >= 15 is 0 Å². The Bertz CT molecular complexity index is 363. The molecule has 88 valence electrons. The highest BCUT2D eigenvalue weighted by Crippen LogP contribution is 2.32. The molecule has 0 radical (unpaired) electrons. The molecule has 1 aromatic rings. The Balaban J connectivity index is 2.19. The van der Waals surface area contributed by atoms with Crippen molar-refractivity contribution in [3.63, 3.8) is 0 Å². The van der Waals surface area contributed by atoms with E-state index in [-0.39, 0.29) is 0 Å². The van der Waals surface area contributed by atoms with Gasteiger partial charge in [0.2, 0.25) is 5.28 Å². The number of aromatic nitrogens is 2. The molecule has 0 unspecified atom stereocenters. The maximum absolute atomic E-state index is 5.87. The van der Waals surface area contributed by atoms with Crippen molar-refractivity contribution in [3.05, 3.63) is 17.0 Å². The van der Waals surface area contributed by atoms with Gasteiger partial charge in [0.1, 0.15) is 5.82 Å². The Kier molecular flexibility index (Phi) is 3.64. The molecule has 1 aromatic heterocycles. The first-order valence-corrected chi connectivity index (χ1v) is 6.36. The molecule has 1 heterocycles. The summed E-state index contributed by atoms with van der Waals surface area (Å²) in [7, 11) is 0. The minimum atomic E-state index is 0.350. The summed E-state index contributed by atoms with van der Waals surface area (Å²) in [6, 6.07) is 0.677. The van der Waals surface area contributed by atoms with Gasteiger partial charge in [0.25, 0.3) is 0 Å². The molecule has 0 atom stereocenters. The van der Waals surface area contributed by atoms with Gasteiger partial charge in [-0.2, -0.15) is 0 Å². The molecule has 1 aliphatic carbocycles. The summed E-state index contributed by atoms with van der Waals surface area (Å²) in [5.41, 5.74) is 1.12. The summed E-state index contributed by atoms with van der Waals surface area (Å²) in [6.45, 7) is 5.34. The van der Waals surface area contributed by atoms with Gasteiger partial charge in [-0.25, -0.2) is 9.97 Å². The van der Waals surface area contributed by atoms with E-state index < -0.39 is 0 Å². The minimum absolute atomic E-state index is 0.350. The first-order valence-electron chi connectivity index (χ1n) is 5.98. The molecule has 0 N–H and O–H groups in total. The van der Waals surface area contributed by atoms with E-state index in [9.17, 15) is 0 Å². The van der Waals surface area contributed by atoms with Gasteiger partial charge >= 0.3 is 0 Å². The van der Waals surface area contributed by atoms with Crippen LogP contribution >= 0.6 is 11.6 Å². The molecule has 0 spiro atoms. The second kappa shape index (κ2) is 5.00. The van der Waals surface area contributed by atoms with Crippen molar-refractivity contribution < 1.29 is 0 Å². The summed E-state index contributed by atoms with van der Waals surface area (Å²) in [4.78, 5) is 10.8. The topological polar surface area (TPSA) is 29.0 Å². The summed E-state index contributed by atoms with van der Waals surface area (Å²) in [5.74, 6) is 1.02. The van der Waals surface area contributed by atoms with Crippen LogP contribution in [0.4, 0.5) is 5.82 Å². The zero-order valence-corrected chi connectivity index (χ0v) is 10.7. The van der Waals surface area contributed by atoms with Crippen LogP contribution in [-0.2, 0) is 0 Å². The van der Waals surface area contributed by atoms with E-state index in [4.69, 9.17) is 11.6 Å². The van der Waals surface area contributed by atoms with Crippen molar-refractivity contribution in [2.45, 2.75) is 45.6 Å². The summed E-state index contributed by atoms with van der Waals surface area (Å²) in [6.07, 6.45) is 6.79. The standard InChI is InChI=1S/C12H18ClN3/c1-3-4-7-16(10-5-6-10)11-9(2)8-14-12(13)15-11/h8,10H,3-7H2,1-2H3. The molecule has 4 heteroatoms. The normalized spacial score (nSPS) is 15.2. The van der Waals surface area contributed by atoms with Crippen LogP contribution in [0.25, 0.3) is 0 Å². The maximum atomic E-state index is 5.87. The van der Waals surface area contributed by atoms with Crippen LogP contribution in [-0.4, -0.2) is 22.6 Å². The highest BCUT2D eigenvalue weighted by Gasteiger charge is 2.30. The van der Waals surface area contributed by atoms with Crippen molar-refractivity contribution in [2.75, 3.05) is 11.4 Å². The Labute approximate surface area is 102 Å². The molecule has 0 amide bonds. The van der Waals surface area contributed by atoms with Crippen molar-refractivity contribution in [3.8, 4) is 0 Å². The Hall–Kier alpha value is -0.830. The van der Waals surface area contributed by atoms with Crippen molar-refractivity contribution in [2.24, 2.45) is 0 Å². The number of rotatable bonds is 5. The van der Waals surface area contributed by atoms with Gasteiger partial charge in [-0.15, -0.1) is 0 Å². The van der Waals surface area contributed by atoms with Gasteiger partial charge in [0.15, 0.2) is 0 Å². The van der Waals surface area contributed by atoms with Crippen molar-refractivity contribution in [1.82, 2.24) is 9.97 Å². The Morgan fingerprint density at radius 1 is 1.50 bits per heavy atom. The average molecular weight is 240 g/mol. The van der Waals surface area contributed by atoms with Crippen LogP contribution in [0.5, 0.6) is 0 Å². The minimum Gasteiger partial charge on any atom is -0.353 e. The lowest BCUT2D eigenvalue weighted by Gasteiger charge is -2.24. The number of nitrogens with zero attached hydrogens (tertiary/aromatic N) is 3. The fraction of sp³-hybridized carbons (Fsp3) is 0.667. The van der Waals surface area contributed by atoms with Crippen LogP contribution in [0.2, 0.25) is 5.28 Å². The maximum Gasteiger partial charge on any atom is 0.224 e. The van der Waals surface area contributed by atoms with E-state index in [1.807, 2.05) is 13.1 Å².